The number of rotatable bonds is 0. The van der Waals surface area contributed by atoms with Gasteiger partial charge in [0, 0.05) is 24.8 Å². The summed E-state index contributed by atoms with van der Waals surface area (Å²) in [6.45, 7) is 7.90. The number of amidine groups is 1. The van der Waals surface area contributed by atoms with Crippen LogP contribution in [0.3, 0.4) is 0 Å². The summed E-state index contributed by atoms with van der Waals surface area (Å²) >= 11 is 0. The number of ether oxygens (including phenoxy) is 2. The van der Waals surface area contributed by atoms with E-state index in [1.165, 1.54) is 0 Å². The summed E-state index contributed by atoms with van der Waals surface area (Å²) in [6.07, 6.45) is 0.352. The highest BCUT2D eigenvalue weighted by Gasteiger charge is 2.30. The van der Waals surface area contributed by atoms with Crippen molar-refractivity contribution in [3.8, 4) is 5.75 Å². The molecule has 3 rings (SSSR count). The molecule has 0 spiro atoms. The first-order chi connectivity index (χ1) is 9.52. The molecule has 2 heterocycles. The van der Waals surface area contributed by atoms with Crippen LogP contribution in [0.5, 0.6) is 5.75 Å². The molecule has 1 aromatic carbocycles. The molecule has 2 aliphatic heterocycles. The molecular weight excluding hydrogens is 254 g/mol. The van der Waals surface area contributed by atoms with Crippen molar-refractivity contribution in [1.29, 1.82) is 0 Å². The Hall–Kier alpha value is -1.75. The Kier molecular flexibility index (Phi) is 3.30. The van der Waals surface area contributed by atoms with Gasteiger partial charge in [-0.15, -0.1) is 0 Å². The molecule has 0 saturated carbocycles. The number of morpholine rings is 1. The van der Waals surface area contributed by atoms with E-state index < -0.39 is 0 Å². The molecule has 0 amide bonds. The van der Waals surface area contributed by atoms with Crippen LogP contribution in [0.25, 0.3) is 0 Å². The molecule has 108 valence electrons. The van der Waals surface area contributed by atoms with E-state index in [9.17, 15) is 0 Å². The highest BCUT2D eigenvalue weighted by atomic mass is 16.5. The van der Waals surface area contributed by atoms with E-state index in [2.05, 4.69) is 18.7 Å². The number of aliphatic imine (C=N–C) groups is 1. The maximum absolute atomic E-state index is 5.96. The van der Waals surface area contributed by atoms with E-state index in [0.29, 0.717) is 5.69 Å². The van der Waals surface area contributed by atoms with Gasteiger partial charge in [0.15, 0.2) is 6.10 Å². The molecule has 0 radical (unpaired) electrons. The Bertz CT molecular complexity index is 534. The molecular formula is C15H21N3O2. The first-order valence-electron chi connectivity index (χ1n) is 7.08. The lowest BCUT2D eigenvalue weighted by Gasteiger charge is -2.39. The molecule has 1 saturated heterocycles. The zero-order valence-corrected chi connectivity index (χ0v) is 12.2. The van der Waals surface area contributed by atoms with Crippen molar-refractivity contribution in [3.05, 3.63) is 18.2 Å². The standard InChI is InChI=1S/C15H21N3O2/c1-9-7-18(8-10(2)19-9)15-11(3)20-14-6-12(16)4-5-13(14)17-15/h4-6,9-11H,7-8,16H2,1-3H3. The molecule has 5 nitrogen and oxygen atoms in total. The van der Waals surface area contributed by atoms with Crippen LogP contribution in [-0.4, -0.2) is 42.1 Å². The van der Waals surface area contributed by atoms with E-state index in [0.717, 1.165) is 30.4 Å². The lowest BCUT2D eigenvalue weighted by Crippen LogP contribution is -2.52. The highest BCUT2D eigenvalue weighted by molar-refractivity contribution is 5.91. The quantitative estimate of drug-likeness (QED) is 0.737. The van der Waals surface area contributed by atoms with Gasteiger partial charge < -0.3 is 20.1 Å². The van der Waals surface area contributed by atoms with Crippen molar-refractivity contribution < 1.29 is 9.47 Å². The van der Waals surface area contributed by atoms with Gasteiger partial charge in [-0.05, 0) is 32.9 Å². The third-order valence-corrected chi connectivity index (χ3v) is 3.63. The Labute approximate surface area is 119 Å². The second kappa shape index (κ2) is 4.98. The summed E-state index contributed by atoms with van der Waals surface area (Å²) in [5.74, 6) is 1.74. The van der Waals surface area contributed by atoms with E-state index in [1.807, 2.05) is 25.1 Å². The normalized spacial score (nSPS) is 29.4. The van der Waals surface area contributed by atoms with Gasteiger partial charge in [0.1, 0.15) is 17.3 Å². The Morgan fingerprint density at radius 3 is 2.60 bits per heavy atom. The highest BCUT2D eigenvalue weighted by Crippen LogP contribution is 2.35. The zero-order chi connectivity index (χ0) is 14.3. The fourth-order valence-electron chi connectivity index (χ4n) is 2.87. The fraction of sp³-hybridized carbons (Fsp3) is 0.533. The number of hydrogen-bond acceptors (Lipinski definition) is 5. The van der Waals surface area contributed by atoms with E-state index in [4.69, 9.17) is 20.2 Å². The SMILES string of the molecule is CC1CN(C2=Nc3ccc(N)cc3OC2C)CC(C)O1. The molecule has 2 aliphatic rings. The van der Waals surface area contributed by atoms with Gasteiger partial charge in [0.25, 0.3) is 0 Å². The third kappa shape index (κ3) is 2.45. The second-order valence-corrected chi connectivity index (χ2v) is 5.62. The number of hydrogen-bond donors (Lipinski definition) is 1. The summed E-state index contributed by atoms with van der Waals surface area (Å²) in [5, 5.41) is 0. The lowest BCUT2D eigenvalue weighted by molar-refractivity contribution is -0.0499. The van der Waals surface area contributed by atoms with Gasteiger partial charge in [-0.1, -0.05) is 0 Å². The predicted molar refractivity (Wildman–Crippen MR) is 79.6 cm³/mol. The largest absolute Gasteiger partial charge is 0.480 e. The molecule has 1 aromatic rings. The second-order valence-electron chi connectivity index (χ2n) is 5.62. The summed E-state index contributed by atoms with van der Waals surface area (Å²) in [6, 6.07) is 5.59. The average molecular weight is 275 g/mol. The maximum Gasteiger partial charge on any atom is 0.153 e. The van der Waals surface area contributed by atoms with Crippen molar-refractivity contribution in [3.63, 3.8) is 0 Å². The molecule has 3 atom stereocenters. The van der Waals surface area contributed by atoms with Crippen LogP contribution < -0.4 is 10.5 Å². The van der Waals surface area contributed by atoms with Crippen molar-refractivity contribution in [2.24, 2.45) is 4.99 Å². The van der Waals surface area contributed by atoms with Gasteiger partial charge in [-0.25, -0.2) is 4.99 Å². The summed E-state index contributed by atoms with van der Waals surface area (Å²) in [4.78, 5) is 7.03. The number of nitrogens with zero attached hydrogens (tertiary/aromatic N) is 2. The minimum absolute atomic E-state index is 0.0678. The van der Waals surface area contributed by atoms with Crippen LogP contribution in [-0.2, 0) is 4.74 Å². The molecule has 20 heavy (non-hydrogen) atoms. The van der Waals surface area contributed by atoms with E-state index >= 15 is 0 Å². The first-order valence-corrected chi connectivity index (χ1v) is 7.08. The lowest BCUT2D eigenvalue weighted by atomic mass is 10.1. The Morgan fingerprint density at radius 2 is 1.90 bits per heavy atom. The number of benzene rings is 1. The minimum Gasteiger partial charge on any atom is -0.480 e. The molecule has 0 aliphatic carbocycles. The van der Waals surface area contributed by atoms with Crippen molar-refractivity contribution >= 4 is 17.2 Å². The monoisotopic (exact) mass is 275 g/mol. The molecule has 3 unspecified atom stereocenters. The average Bonchev–Trinajstić information content (AvgIpc) is 2.36. The van der Waals surface area contributed by atoms with Gasteiger partial charge in [-0.2, -0.15) is 0 Å². The maximum atomic E-state index is 5.96. The summed E-state index contributed by atoms with van der Waals surface area (Å²) < 4.78 is 11.7. The van der Waals surface area contributed by atoms with Gasteiger partial charge in [-0.3, -0.25) is 0 Å². The first kappa shape index (κ1) is 13.2. The van der Waals surface area contributed by atoms with Crippen LogP contribution >= 0.6 is 0 Å². The van der Waals surface area contributed by atoms with Gasteiger partial charge in [0.05, 0.1) is 12.2 Å². The number of nitrogen functional groups attached to an aromatic ring is 1. The van der Waals surface area contributed by atoms with E-state index in [1.54, 1.807) is 0 Å². The number of anilines is 1. The Balaban J connectivity index is 1.91. The third-order valence-electron chi connectivity index (χ3n) is 3.63. The number of fused-ring (bicyclic) bond motifs is 1. The minimum atomic E-state index is -0.0678. The predicted octanol–water partition coefficient (Wildman–Crippen LogP) is 2.19. The zero-order valence-electron chi connectivity index (χ0n) is 12.2. The topological polar surface area (TPSA) is 60.1 Å². The van der Waals surface area contributed by atoms with Crippen molar-refractivity contribution in [2.45, 2.75) is 39.1 Å². The van der Waals surface area contributed by atoms with Crippen LogP contribution in [0.1, 0.15) is 20.8 Å². The van der Waals surface area contributed by atoms with Crippen LogP contribution in [0, 0.1) is 0 Å². The van der Waals surface area contributed by atoms with Crippen LogP contribution in [0.4, 0.5) is 11.4 Å². The summed E-state index contributed by atoms with van der Waals surface area (Å²) in [5.41, 5.74) is 7.33. The van der Waals surface area contributed by atoms with Crippen LogP contribution in [0.15, 0.2) is 23.2 Å². The molecule has 0 bridgehead atoms. The van der Waals surface area contributed by atoms with Crippen molar-refractivity contribution in [2.75, 3.05) is 18.8 Å². The fourth-order valence-corrected chi connectivity index (χ4v) is 2.87. The molecule has 1 fully saturated rings. The van der Waals surface area contributed by atoms with Crippen molar-refractivity contribution in [1.82, 2.24) is 4.90 Å². The molecule has 0 aromatic heterocycles. The van der Waals surface area contributed by atoms with Gasteiger partial charge in [0.2, 0.25) is 0 Å². The summed E-state index contributed by atoms with van der Waals surface area (Å²) in [7, 11) is 0. The molecule has 2 N–H and O–H groups in total. The van der Waals surface area contributed by atoms with Crippen LogP contribution in [0.2, 0.25) is 0 Å². The molecule has 5 heteroatoms. The van der Waals surface area contributed by atoms with Gasteiger partial charge >= 0.3 is 0 Å². The Morgan fingerprint density at radius 1 is 1.20 bits per heavy atom. The van der Waals surface area contributed by atoms with E-state index in [-0.39, 0.29) is 18.3 Å². The smallest absolute Gasteiger partial charge is 0.153 e. The number of nitrogens with two attached hydrogens (primary N) is 1.